The van der Waals surface area contributed by atoms with Crippen LogP contribution in [0.25, 0.3) is 0 Å². The van der Waals surface area contributed by atoms with Crippen molar-refractivity contribution in [2.24, 2.45) is 0 Å². The van der Waals surface area contributed by atoms with Crippen LogP contribution in [0.3, 0.4) is 0 Å². The van der Waals surface area contributed by atoms with Gasteiger partial charge in [-0.2, -0.15) is 0 Å². The second-order valence-electron chi connectivity index (χ2n) is 4.92. The van der Waals surface area contributed by atoms with E-state index in [0.29, 0.717) is 5.56 Å². The zero-order chi connectivity index (χ0) is 15.2. The third-order valence-corrected chi connectivity index (χ3v) is 3.63. The Morgan fingerprint density at radius 2 is 2.00 bits per heavy atom. The molecule has 0 atom stereocenters. The first-order valence-corrected chi connectivity index (χ1v) is 7.81. The van der Waals surface area contributed by atoms with Crippen molar-refractivity contribution >= 4 is 33.2 Å². The molecule has 110 valence electrons. The molecule has 0 fully saturated rings. The predicted molar refractivity (Wildman–Crippen MR) is 92.1 cm³/mol. The minimum Gasteiger partial charge on any atom is -0.385 e. The van der Waals surface area contributed by atoms with Crippen LogP contribution in [0.15, 0.2) is 46.9 Å². The van der Waals surface area contributed by atoms with E-state index in [1.54, 1.807) is 0 Å². The van der Waals surface area contributed by atoms with E-state index in [-0.39, 0.29) is 5.91 Å². The molecular weight excluding hydrogens is 328 g/mol. The fourth-order valence-corrected chi connectivity index (χ4v) is 2.43. The highest BCUT2D eigenvalue weighted by atomic mass is 79.9. The van der Waals surface area contributed by atoms with Gasteiger partial charge in [-0.15, -0.1) is 0 Å². The Hall–Kier alpha value is -1.81. The number of rotatable bonds is 5. The summed E-state index contributed by atoms with van der Waals surface area (Å²) in [5, 5.41) is 6.25. The highest BCUT2D eigenvalue weighted by Gasteiger charge is 2.08. The molecular formula is C17H19BrN2O. The first-order valence-electron chi connectivity index (χ1n) is 7.01. The topological polar surface area (TPSA) is 41.1 Å². The molecule has 0 saturated heterocycles. The molecule has 2 aromatic rings. The monoisotopic (exact) mass is 346 g/mol. The van der Waals surface area contributed by atoms with Gasteiger partial charge in [0.25, 0.3) is 5.91 Å². The van der Waals surface area contributed by atoms with E-state index >= 15 is 0 Å². The van der Waals surface area contributed by atoms with Crippen molar-refractivity contribution in [2.75, 3.05) is 17.2 Å². The molecule has 0 heterocycles. The van der Waals surface area contributed by atoms with Crippen LogP contribution in [-0.4, -0.2) is 12.5 Å². The lowest BCUT2D eigenvalue weighted by Gasteiger charge is -2.11. The average molecular weight is 347 g/mol. The van der Waals surface area contributed by atoms with Crippen LogP contribution in [0.5, 0.6) is 0 Å². The Labute approximate surface area is 133 Å². The number of halogens is 1. The maximum atomic E-state index is 12.3. The van der Waals surface area contributed by atoms with Gasteiger partial charge in [-0.3, -0.25) is 4.79 Å². The Kier molecular flexibility index (Phi) is 5.39. The summed E-state index contributed by atoms with van der Waals surface area (Å²) in [5.74, 6) is -0.0989. The van der Waals surface area contributed by atoms with Gasteiger partial charge in [0.05, 0.1) is 0 Å². The first-order chi connectivity index (χ1) is 10.1. The van der Waals surface area contributed by atoms with Crippen molar-refractivity contribution in [1.29, 1.82) is 0 Å². The van der Waals surface area contributed by atoms with Crippen molar-refractivity contribution in [2.45, 2.75) is 20.3 Å². The van der Waals surface area contributed by atoms with Crippen molar-refractivity contribution < 1.29 is 4.79 Å². The third-order valence-electron chi connectivity index (χ3n) is 3.14. The van der Waals surface area contributed by atoms with Crippen molar-refractivity contribution in [1.82, 2.24) is 0 Å². The van der Waals surface area contributed by atoms with Crippen LogP contribution < -0.4 is 10.6 Å². The van der Waals surface area contributed by atoms with Gasteiger partial charge in [0.1, 0.15) is 0 Å². The molecule has 0 bridgehead atoms. The van der Waals surface area contributed by atoms with E-state index in [1.165, 1.54) is 0 Å². The molecule has 3 nitrogen and oxygen atoms in total. The number of hydrogen-bond donors (Lipinski definition) is 2. The van der Waals surface area contributed by atoms with Gasteiger partial charge >= 0.3 is 0 Å². The Balaban J connectivity index is 2.11. The van der Waals surface area contributed by atoms with Crippen LogP contribution in [0.4, 0.5) is 11.4 Å². The summed E-state index contributed by atoms with van der Waals surface area (Å²) in [7, 11) is 0. The largest absolute Gasteiger partial charge is 0.385 e. The lowest BCUT2D eigenvalue weighted by Crippen LogP contribution is -2.12. The number of anilines is 2. The second kappa shape index (κ2) is 7.27. The molecule has 2 N–H and O–H groups in total. The van der Waals surface area contributed by atoms with Crippen LogP contribution in [0, 0.1) is 6.92 Å². The summed E-state index contributed by atoms with van der Waals surface area (Å²) in [6.45, 7) is 5.07. The summed E-state index contributed by atoms with van der Waals surface area (Å²) in [6, 6.07) is 13.3. The van der Waals surface area contributed by atoms with Crippen LogP contribution in [0.1, 0.15) is 29.3 Å². The van der Waals surface area contributed by atoms with E-state index in [4.69, 9.17) is 0 Å². The smallest absolute Gasteiger partial charge is 0.255 e. The van der Waals surface area contributed by atoms with E-state index in [0.717, 1.165) is 34.4 Å². The van der Waals surface area contributed by atoms with Crippen LogP contribution in [-0.2, 0) is 0 Å². The number of carbonyl (C=O) groups excluding carboxylic acids is 1. The van der Waals surface area contributed by atoms with E-state index in [2.05, 4.69) is 33.5 Å². The molecule has 21 heavy (non-hydrogen) atoms. The third kappa shape index (κ3) is 4.33. The van der Waals surface area contributed by atoms with Gasteiger partial charge in [0, 0.05) is 28.0 Å². The summed E-state index contributed by atoms with van der Waals surface area (Å²) in [4.78, 5) is 12.3. The van der Waals surface area contributed by atoms with Gasteiger partial charge in [-0.25, -0.2) is 0 Å². The zero-order valence-electron chi connectivity index (χ0n) is 12.2. The van der Waals surface area contributed by atoms with Crippen molar-refractivity contribution in [3.05, 3.63) is 58.1 Å². The summed E-state index contributed by atoms with van der Waals surface area (Å²) < 4.78 is 0.940. The van der Waals surface area contributed by atoms with Gasteiger partial charge in [0.2, 0.25) is 0 Å². The summed E-state index contributed by atoms with van der Waals surface area (Å²) >= 11 is 3.39. The first kappa shape index (κ1) is 15.6. The minimum absolute atomic E-state index is 0.0989. The standard InChI is InChI=1S/C17H19BrN2O/c1-3-9-19-16-8-7-13(10-12(16)2)17(21)20-15-6-4-5-14(18)11-15/h4-8,10-11,19H,3,9H2,1-2H3,(H,20,21). The predicted octanol–water partition coefficient (Wildman–Crippen LogP) is 4.83. The second-order valence-corrected chi connectivity index (χ2v) is 5.84. The van der Waals surface area contributed by atoms with Crippen LogP contribution in [0.2, 0.25) is 0 Å². The fraction of sp³-hybridized carbons (Fsp3) is 0.235. The molecule has 0 saturated carbocycles. The van der Waals surface area contributed by atoms with Crippen molar-refractivity contribution in [3.8, 4) is 0 Å². The van der Waals surface area contributed by atoms with Crippen molar-refractivity contribution in [3.63, 3.8) is 0 Å². The minimum atomic E-state index is -0.0989. The zero-order valence-corrected chi connectivity index (χ0v) is 13.8. The van der Waals surface area contributed by atoms with E-state index in [1.807, 2.05) is 49.4 Å². The molecule has 4 heteroatoms. The molecule has 2 rings (SSSR count). The molecule has 0 aliphatic heterocycles. The SMILES string of the molecule is CCCNc1ccc(C(=O)Nc2cccc(Br)c2)cc1C. The van der Waals surface area contributed by atoms with Gasteiger partial charge in [-0.1, -0.05) is 28.9 Å². The maximum absolute atomic E-state index is 12.3. The van der Waals surface area contributed by atoms with Gasteiger partial charge in [-0.05, 0) is 55.3 Å². The van der Waals surface area contributed by atoms with Crippen LogP contribution >= 0.6 is 15.9 Å². The molecule has 0 spiro atoms. The molecule has 0 aliphatic rings. The Morgan fingerprint density at radius 3 is 2.67 bits per heavy atom. The number of carbonyl (C=O) groups is 1. The molecule has 2 aromatic carbocycles. The number of benzene rings is 2. The summed E-state index contributed by atoms with van der Waals surface area (Å²) in [6.07, 6.45) is 1.07. The number of amides is 1. The van der Waals surface area contributed by atoms with E-state index in [9.17, 15) is 4.79 Å². The number of nitrogens with one attached hydrogen (secondary N) is 2. The lowest BCUT2D eigenvalue weighted by atomic mass is 10.1. The lowest BCUT2D eigenvalue weighted by molar-refractivity contribution is 0.102. The molecule has 0 radical (unpaired) electrons. The van der Waals surface area contributed by atoms with Gasteiger partial charge in [0.15, 0.2) is 0 Å². The van der Waals surface area contributed by atoms with Gasteiger partial charge < -0.3 is 10.6 Å². The normalized spacial score (nSPS) is 10.2. The molecule has 1 amide bonds. The summed E-state index contributed by atoms with van der Waals surface area (Å²) in [5.41, 5.74) is 3.59. The number of hydrogen-bond acceptors (Lipinski definition) is 2. The van der Waals surface area contributed by atoms with E-state index < -0.39 is 0 Å². The Morgan fingerprint density at radius 1 is 1.19 bits per heavy atom. The molecule has 0 aliphatic carbocycles. The molecule has 0 aromatic heterocycles. The Bertz CT molecular complexity index is 640. The highest BCUT2D eigenvalue weighted by Crippen LogP contribution is 2.19. The fourth-order valence-electron chi connectivity index (χ4n) is 2.03. The highest BCUT2D eigenvalue weighted by molar-refractivity contribution is 9.10. The average Bonchev–Trinajstić information content (AvgIpc) is 2.46. The maximum Gasteiger partial charge on any atom is 0.255 e. The quantitative estimate of drug-likeness (QED) is 0.813. The molecule has 0 unspecified atom stereocenters. The number of aryl methyl sites for hydroxylation is 1.